The summed E-state index contributed by atoms with van der Waals surface area (Å²) in [5, 5.41) is 7.13. The van der Waals surface area contributed by atoms with Crippen LogP contribution in [0.1, 0.15) is 39.5 Å². The first-order valence-electron chi connectivity index (χ1n) is 6.52. The largest absolute Gasteiger partial charge is 0.471 e. The summed E-state index contributed by atoms with van der Waals surface area (Å²) in [6, 6.07) is 0. The molecule has 0 radical (unpaired) electrons. The molecular formula is C12H24N2O2S2. The molecule has 0 aliphatic heterocycles. The van der Waals surface area contributed by atoms with Gasteiger partial charge in [0.15, 0.2) is 0 Å². The highest BCUT2D eigenvalue weighted by molar-refractivity contribution is 7.80. The van der Waals surface area contributed by atoms with E-state index in [4.69, 9.17) is 33.9 Å². The third kappa shape index (κ3) is 11.9. The number of hydrogen-bond acceptors (Lipinski definition) is 4. The van der Waals surface area contributed by atoms with Crippen molar-refractivity contribution >= 4 is 34.8 Å². The average Bonchev–Trinajstić information content (AvgIpc) is 2.33. The molecule has 0 amide bonds. The summed E-state index contributed by atoms with van der Waals surface area (Å²) in [5.41, 5.74) is 0. The van der Waals surface area contributed by atoms with Crippen LogP contribution in [0.5, 0.6) is 0 Å². The number of hydrogen-bond donors (Lipinski definition) is 2. The molecule has 0 bridgehead atoms. The third-order valence-corrected chi connectivity index (χ3v) is 2.72. The van der Waals surface area contributed by atoms with Crippen molar-refractivity contribution in [2.45, 2.75) is 39.5 Å². The van der Waals surface area contributed by atoms with Gasteiger partial charge in [-0.25, -0.2) is 0 Å². The molecule has 0 heterocycles. The maximum atomic E-state index is 5.12. The molecule has 0 aliphatic carbocycles. The van der Waals surface area contributed by atoms with Crippen LogP contribution < -0.4 is 10.6 Å². The highest BCUT2D eigenvalue weighted by Crippen LogP contribution is 1.98. The summed E-state index contributed by atoms with van der Waals surface area (Å²) in [6.45, 7) is 6.85. The molecule has 4 nitrogen and oxygen atoms in total. The van der Waals surface area contributed by atoms with Crippen molar-refractivity contribution in [3.05, 3.63) is 0 Å². The standard InChI is InChI=1S/C12H24N2O2S2/c1-3-15-11(17)13-9-7-5-6-8-10-14-12(18)16-4-2/h3-10H2,1-2H3,(H,13,17)(H,14,18). The van der Waals surface area contributed by atoms with Gasteiger partial charge < -0.3 is 20.1 Å². The van der Waals surface area contributed by atoms with E-state index in [0.29, 0.717) is 23.6 Å². The van der Waals surface area contributed by atoms with Crippen molar-refractivity contribution in [3.63, 3.8) is 0 Å². The van der Waals surface area contributed by atoms with E-state index in [0.717, 1.165) is 25.9 Å². The Bertz CT molecular complexity index is 214. The lowest BCUT2D eigenvalue weighted by molar-refractivity contribution is 0.318. The monoisotopic (exact) mass is 292 g/mol. The minimum absolute atomic E-state index is 0.501. The fourth-order valence-electron chi connectivity index (χ4n) is 1.35. The summed E-state index contributed by atoms with van der Waals surface area (Å²) >= 11 is 9.91. The second-order valence-corrected chi connectivity index (χ2v) is 4.45. The fourth-order valence-corrected chi connectivity index (χ4v) is 1.79. The molecule has 2 N–H and O–H groups in total. The van der Waals surface area contributed by atoms with Gasteiger partial charge in [0.1, 0.15) is 0 Å². The van der Waals surface area contributed by atoms with Gasteiger partial charge in [-0.3, -0.25) is 0 Å². The summed E-state index contributed by atoms with van der Waals surface area (Å²) in [5.74, 6) is 0. The number of ether oxygens (including phenoxy) is 2. The smallest absolute Gasteiger partial charge is 0.256 e. The molecule has 0 aromatic carbocycles. The van der Waals surface area contributed by atoms with Crippen LogP contribution in [-0.2, 0) is 9.47 Å². The van der Waals surface area contributed by atoms with Crippen LogP contribution in [0.3, 0.4) is 0 Å². The van der Waals surface area contributed by atoms with E-state index < -0.39 is 0 Å². The lowest BCUT2D eigenvalue weighted by Crippen LogP contribution is -2.25. The minimum Gasteiger partial charge on any atom is -0.471 e. The molecule has 0 aromatic rings. The number of rotatable bonds is 9. The second-order valence-electron chi connectivity index (χ2n) is 3.71. The first-order chi connectivity index (χ1) is 8.70. The molecule has 0 spiro atoms. The first kappa shape index (κ1) is 17.4. The number of nitrogens with one attached hydrogen (secondary N) is 2. The summed E-state index contributed by atoms with van der Waals surface area (Å²) in [6.07, 6.45) is 4.54. The van der Waals surface area contributed by atoms with E-state index in [1.165, 1.54) is 12.8 Å². The molecule has 106 valence electrons. The van der Waals surface area contributed by atoms with Crippen LogP contribution >= 0.6 is 24.4 Å². The molecule has 0 aromatic heterocycles. The van der Waals surface area contributed by atoms with Crippen LogP contribution in [0.2, 0.25) is 0 Å². The van der Waals surface area contributed by atoms with E-state index in [1.54, 1.807) is 0 Å². The third-order valence-electron chi connectivity index (χ3n) is 2.19. The van der Waals surface area contributed by atoms with Gasteiger partial charge in [-0.2, -0.15) is 0 Å². The molecule has 0 saturated carbocycles. The topological polar surface area (TPSA) is 42.5 Å². The zero-order chi connectivity index (χ0) is 13.6. The predicted molar refractivity (Wildman–Crippen MR) is 82.9 cm³/mol. The number of thiocarbonyl (C=S) groups is 2. The fraction of sp³-hybridized carbons (Fsp3) is 0.833. The van der Waals surface area contributed by atoms with Crippen molar-refractivity contribution in [2.24, 2.45) is 0 Å². The predicted octanol–water partition coefficient (Wildman–Crippen LogP) is 2.37. The molecular weight excluding hydrogens is 268 g/mol. The van der Waals surface area contributed by atoms with Crippen LogP contribution in [0.25, 0.3) is 0 Å². The summed E-state index contributed by atoms with van der Waals surface area (Å²) < 4.78 is 10.2. The Kier molecular flexibility index (Phi) is 12.4. The van der Waals surface area contributed by atoms with Gasteiger partial charge in [0, 0.05) is 13.1 Å². The van der Waals surface area contributed by atoms with Crippen molar-refractivity contribution < 1.29 is 9.47 Å². The van der Waals surface area contributed by atoms with E-state index in [9.17, 15) is 0 Å². The Morgan fingerprint density at radius 2 is 1.17 bits per heavy atom. The molecule has 18 heavy (non-hydrogen) atoms. The Morgan fingerprint density at radius 1 is 0.778 bits per heavy atom. The lowest BCUT2D eigenvalue weighted by atomic mass is 10.2. The maximum Gasteiger partial charge on any atom is 0.256 e. The van der Waals surface area contributed by atoms with E-state index >= 15 is 0 Å². The van der Waals surface area contributed by atoms with Gasteiger partial charge in [-0.15, -0.1) is 0 Å². The normalized spacial score (nSPS) is 9.67. The van der Waals surface area contributed by atoms with Crippen LogP contribution in [0, 0.1) is 0 Å². The average molecular weight is 292 g/mol. The molecule has 0 saturated heterocycles. The zero-order valence-corrected chi connectivity index (χ0v) is 12.9. The minimum atomic E-state index is 0.501. The maximum absolute atomic E-state index is 5.12. The quantitative estimate of drug-likeness (QED) is 0.502. The summed E-state index contributed by atoms with van der Waals surface area (Å²) in [7, 11) is 0. The van der Waals surface area contributed by atoms with Gasteiger partial charge in [-0.1, -0.05) is 12.8 Å². The Balaban J connectivity index is 3.16. The molecule has 0 unspecified atom stereocenters. The SMILES string of the molecule is CCOC(=S)NCCCCCCNC(=S)OCC. The van der Waals surface area contributed by atoms with E-state index in [2.05, 4.69) is 10.6 Å². The molecule has 0 rings (SSSR count). The van der Waals surface area contributed by atoms with Gasteiger partial charge in [0.2, 0.25) is 0 Å². The zero-order valence-electron chi connectivity index (χ0n) is 11.3. The van der Waals surface area contributed by atoms with Crippen molar-refractivity contribution in [2.75, 3.05) is 26.3 Å². The van der Waals surface area contributed by atoms with Crippen LogP contribution in [0.15, 0.2) is 0 Å². The highest BCUT2D eigenvalue weighted by Gasteiger charge is 1.96. The van der Waals surface area contributed by atoms with Crippen molar-refractivity contribution in [1.29, 1.82) is 0 Å². The summed E-state index contributed by atoms with van der Waals surface area (Å²) in [4.78, 5) is 0. The van der Waals surface area contributed by atoms with Gasteiger partial charge >= 0.3 is 0 Å². The molecule has 0 atom stereocenters. The molecule has 6 heteroatoms. The second kappa shape index (κ2) is 12.8. The van der Waals surface area contributed by atoms with Gasteiger partial charge in [0.05, 0.1) is 13.2 Å². The van der Waals surface area contributed by atoms with E-state index in [1.807, 2.05) is 13.8 Å². The molecule has 0 aliphatic rings. The first-order valence-corrected chi connectivity index (χ1v) is 7.33. The van der Waals surface area contributed by atoms with Crippen molar-refractivity contribution in [3.8, 4) is 0 Å². The van der Waals surface area contributed by atoms with Crippen LogP contribution in [0.4, 0.5) is 0 Å². The van der Waals surface area contributed by atoms with Crippen LogP contribution in [-0.4, -0.2) is 36.7 Å². The van der Waals surface area contributed by atoms with Crippen molar-refractivity contribution in [1.82, 2.24) is 10.6 Å². The molecule has 0 fully saturated rings. The Labute approximate surface area is 121 Å². The number of unbranched alkanes of at least 4 members (excludes halogenated alkanes) is 3. The van der Waals surface area contributed by atoms with Gasteiger partial charge in [0.25, 0.3) is 10.3 Å². The Hall–Kier alpha value is -0.620. The van der Waals surface area contributed by atoms with E-state index in [-0.39, 0.29) is 0 Å². The lowest BCUT2D eigenvalue weighted by Gasteiger charge is -2.08. The Morgan fingerprint density at radius 3 is 1.50 bits per heavy atom. The van der Waals surface area contributed by atoms with Gasteiger partial charge in [-0.05, 0) is 51.1 Å². The highest BCUT2D eigenvalue weighted by atomic mass is 32.1.